The van der Waals surface area contributed by atoms with Crippen LogP contribution in [0.2, 0.25) is 0 Å². The highest BCUT2D eigenvalue weighted by Crippen LogP contribution is 2.21. The summed E-state index contributed by atoms with van der Waals surface area (Å²) in [5.74, 6) is 0.902. The molecule has 1 heterocycles. The van der Waals surface area contributed by atoms with Gasteiger partial charge in [0.05, 0.1) is 6.10 Å². The van der Waals surface area contributed by atoms with Crippen LogP contribution in [0.4, 0.5) is 0 Å². The van der Waals surface area contributed by atoms with Crippen molar-refractivity contribution in [2.24, 2.45) is 7.05 Å². The van der Waals surface area contributed by atoms with Gasteiger partial charge in [-0.1, -0.05) is 6.92 Å². The predicted octanol–water partition coefficient (Wildman–Crippen LogP) is 1.25. The lowest BCUT2D eigenvalue weighted by Gasteiger charge is -2.28. The Hall–Kier alpha value is -0.940. The molecule has 0 amide bonds. The molecule has 0 unspecified atom stereocenters. The Morgan fingerprint density at radius 3 is 2.76 bits per heavy atom. The minimum atomic E-state index is 0.390. The van der Waals surface area contributed by atoms with E-state index in [0.29, 0.717) is 18.8 Å². The van der Waals surface area contributed by atoms with Crippen LogP contribution in [0.25, 0.3) is 0 Å². The van der Waals surface area contributed by atoms with Crippen molar-refractivity contribution in [2.75, 3.05) is 6.54 Å². The van der Waals surface area contributed by atoms with Gasteiger partial charge in [-0.2, -0.15) is 0 Å². The van der Waals surface area contributed by atoms with Gasteiger partial charge in [0.2, 0.25) is 0 Å². The molecule has 0 bridgehead atoms. The second kappa shape index (κ2) is 6.12. The highest BCUT2D eigenvalue weighted by Gasteiger charge is 2.21. The second-order valence-corrected chi connectivity index (χ2v) is 4.70. The predicted molar refractivity (Wildman–Crippen MR) is 65.5 cm³/mol. The van der Waals surface area contributed by atoms with E-state index in [0.717, 1.165) is 25.2 Å². The Bertz CT molecular complexity index is 331. The Morgan fingerprint density at radius 1 is 1.41 bits per heavy atom. The van der Waals surface area contributed by atoms with Gasteiger partial charge in [-0.05, 0) is 32.2 Å². The first kappa shape index (κ1) is 12.5. The standard InChI is InChI=1S/C12H22N4O/c1-3-13-10-4-6-11(7-5-10)17-8-12-15-14-9-16(12)2/h9-11,13H,3-8H2,1-2H3. The largest absolute Gasteiger partial charge is 0.370 e. The van der Waals surface area contributed by atoms with Crippen LogP contribution in [0.3, 0.4) is 0 Å². The van der Waals surface area contributed by atoms with E-state index in [1.807, 2.05) is 11.6 Å². The molecule has 1 aromatic heterocycles. The fourth-order valence-corrected chi connectivity index (χ4v) is 2.35. The van der Waals surface area contributed by atoms with Crippen LogP contribution in [0.15, 0.2) is 6.33 Å². The van der Waals surface area contributed by atoms with Crippen molar-refractivity contribution in [3.8, 4) is 0 Å². The maximum Gasteiger partial charge on any atom is 0.158 e. The molecule has 0 saturated heterocycles. The van der Waals surface area contributed by atoms with Crippen LogP contribution in [-0.4, -0.2) is 33.5 Å². The van der Waals surface area contributed by atoms with Crippen LogP contribution in [-0.2, 0) is 18.4 Å². The number of rotatable bonds is 5. The highest BCUT2D eigenvalue weighted by molar-refractivity contribution is 4.82. The van der Waals surface area contributed by atoms with Gasteiger partial charge in [-0.15, -0.1) is 10.2 Å². The number of aryl methyl sites for hydroxylation is 1. The second-order valence-electron chi connectivity index (χ2n) is 4.70. The van der Waals surface area contributed by atoms with Gasteiger partial charge in [0.15, 0.2) is 5.82 Å². The zero-order valence-corrected chi connectivity index (χ0v) is 10.7. The summed E-state index contributed by atoms with van der Waals surface area (Å²) in [6.07, 6.45) is 6.84. The zero-order valence-electron chi connectivity index (χ0n) is 10.7. The summed E-state index contributed by atoms with van der Waals surface area (Å²) in [7, 11) is 1.95. The average molecular weight is 238 g/mol. The lowest BCUT2D eigenvalue weighted by atomic mass is 9.93. The summed E-state index contributed by atoms with van der Waals surface area (Å²) in [5.41, 5.74) is 0. The van der Waals surface area contributed by atoms with Crippen molar-refractivity contribution in [1.82, 2.24) is 20.1 Å². The summed E-state index contributed by atoms with van der Waals surface area (Å²) < 4.78 is 7.79. The molecule has 0 aliphatic heterocycles. The highest BCUT2D eigenvalue weighted by atomic mass is 16.5. The molecule has 0 aromatic carbocycles. The minimum Gasteiger partial charge on any atom is -0.370 e. The molecule has 1 aliphatic rings. The molecule has 96 valence electrons. The summed E-state index contributed by atoms with van der Waals surface area (Å²) in [6, 6.07) is 0.690. The molecular weight excluding hydrogens is 216 g/mol. The molecule has 5 heteroatoms. The number of nitrogens with one attached hydrogen (secondary N) is 1. The van der Waals surface area contributed by atoms with Gasteiger partial charge >= 0.3 is 0 Å². The monoisotopic (exact) mass is 238 g/mol. The van der Waals surface area contributed by atoms with Crippen molar-refractivity contribution >= 4 is 0 Å². The first-order valence-electron chi connectivity index (χ1n) is 6.47. The molecule has 0 radical (unpaired) electrons. The fourth-order valence-electron chi connectivity index (χ4n) is 2.35. The minimum absolute atomic E-state index is 0.390. The first-order chi connectivity index (χ1) is 8.29. The third-order valence-corrected chi connectivity index (χ3v) is 3.42. The molecule has 2 rings (SSSR count). The molecular formula is C12H22N4O. The van der Waals surface area contributed by atoms with E-state index in [2.05, 4.69) is 22.4 Å². The van der Waals surface area contributed by atoms with E-state index < -0.39 is 0 Å². The molecule has 1 saturated carbocycles. The number of ether oxygens (including phenoxy) is 1. The summed E-state index contributed by atoms with van der Waals surface area (Å²) in [6.45, 7) is 3.80. The number of aromatic nitrogens is 3. The lowest BCUT2D eigenvalue weighted by Crippen LogP contribution is -2.35. The summed E-state index contributed by atoms with van der Waals surface area (Å²) in [4.78, 5) is 0. The van der Waals surface area contributed by atoms with Gasteiger partial charge in [0.25, 0.3) is 0 Å². The molecule has 17 heavy (non-hydrogen) atoms. The number of hydrogen-bond donors (Lipinski definition) is 1. The molecule has 1 fully saturated rings. The lowest BCUT2D eigenvalue weighted by molar-refractivity contribution is 0.00723. The number of hydrogen-bond acceptors (Lipinski definition) is 4. The zero-order chi connectivity index (χ0) is 12.1. The summed E-state index contributed by atoms with van der Waals surface area (Å²) >= 11 is 0. The van der Waals surface area contributed by atoms with Crippen LogP contribution >= 0.6 is 0 Å². The maximum absolute atomic E-state index is 5.88. The third kappa shape index (κ3) is 3.51. The van der Waals surface area contributed by atoms with E-state index in [1.54, 1.807) is 6.33 Å². The van der Waals surface area contributed by atoms with Crippen LogP contribution in [0.1, 0.15) is 38.4 Å². The van der Waals surface area contributed by atoms with E-state index in [9.17, 15) is 0 Å². The van der Waals surface area contributed by atoms with Crippen LogP contribution in [0, 0.1) is 0 Å². The molecule has 5 nitrogen and oxygen atoms in total. The molecule has 1 aliphatic carbocycles. The number of nitrogens with zero attached hydrogens (tertiary/aromatic N) is 3. The van der Waals surface area contributed by atoms with Gasteiger partial charge in [0, 0.05) is 13.1 Å². The van der Waals surface area contributed by atoms with Gasteiger partial charge in [0.1, 0.15) is 12.9 Å². The van der Waals surface area contributed by atoms with Crippen molar-refractivity contribution in [3.05, 3.63) is 12.2 Å². The molecule has 0 atom stereocenters. The Labute approximate surface area is 103 Å². The molecule has 1 aromatic rings. The topological polar surface area (TPSA) is 52.0 Å². The van der Waals surface area contributed by atoms with E-state index >= 15 is 0 Å². The van der Waals surface area contributed by atoms with Crippen molar-refractivity contribution in [2.45, 2.75) is 51.4 Å². The molecule has 1 N–H and O–H groups in total. The van der Waals surface area contributed by atoms with Gasteiger partial charge in [-0.3, -0.25) is 0 Å². The normalized spacial score (nSPS) is 25.1. The van der Waals surface area contributed by atoms with Gasteiger partial charge in [-0.25, -0.2) is 0 Å². The SMILES string of the molecule is CCNC1CCC(OCc2nncn2C)CC1. The smallest absolute Gasteiger partial charge is 0.158 e. The van der Waals surface area contributed by atoms with Crippen molar-refractivity contribution in [1.29, 1.82) is 0 Å². The maximum atomic E-state index is 5.88. The van der Waals surface area contributed by atoms with Crippen molar-refractivity contribution < 1.29 is 4.74 Å². The van der Waals surface area contributed by atoms with Gasteiger partial charge < -0.3 is 14.6 Å². The third-order valence-electron chi connectivity index (χ3n) is 3.42. The molecule has 0 spiro atoms. The fraction of sp³-hybridized carbons (Fsp3) is 0.833. The van der Waals surface area contributed by atoms with E-state index in [4.69, 9.17) is 4.74 Å². The van der Waals surface area contributed by atoms with Crippen LogP contribution in [0.5, 0.6) is 0 Å². The van der Waals surface area contributed by atoms with E-state index in [-0.39, 0.29) is 0 Å². The first-order valence-corrected chi connectivity index (χ1v) is 6.47. The van der Waals surface area contributed by atoms with E-state index in [1.165, 1.54) is 12.8 Å². The summed E-state index contributed by atoms with van der Waals surface area (Å²) in [5, 5.41) is 11.4. The quantitative estimate of drug-likeness (QED) is 0.839. The Kier molecular flexibility index (Phi) is 4.50. The average Bonchev–Trinajstić information content (AvgIpc) is 2.75. The Morgan fingerprint density at radius 2 is 2.18 bits per heavy atom. The van der Waals surface area contributed by atoms with Crippen LogP contribution < -0.4 is 5.32 Å². The van der Waals surface area contributed by atoms with Crippen molar-refractivity contribution in [3.63, 3.8) is 0 Å². The Balaban J connectivity index is 1.70.